The zero-order chi connectivity index (χ0) is 19.1. The zero-order valence-electron chi connectivity index (χ0n) is 13.9. The van der Waals surface area contributed by atoms with Crippen molar-refractivity contribution in [1.82, 2.24) is 0 Å². The van der Waals surface area contributed by atoms with E-state index in [9.17, 15) is 9.59 Å². The summed E-state index contributed by atoms with van der Waals surface area (Å²) in [5, 5.41) is -0.208. The number of amides is 2. The van der Waals surface area contributed by atoms with Gasteiger partial charge in [0.15, 0.2) is 0 Å². The van der Waals surface area contributed by atoms with Crippen LogP contribution in [-0.4, -0.2) is 23.3 Å². The highest BCUT2D eigenvalue weighted by Gasteiger charge is 2.51. The molecule has 134 valence electrons. The molecule has 1 heterocycles. The topological polar surface area (TPSA) is 46.6 Å². The Bertz CT molecular complexity index is 903. The normalized spacial score (nSPS) is 16.9. The monoisotopic (exact) mass is 409 g/mol. The van der Waals surface area contributed by atoms with E-state index in [2.05, 4.69) is 0 Å². The Morgan fingerprint density at radius 2 is 1.54 bits per heavy atom. The van der Waals surface area contributed by atoms with E-state index in [0.29, 0.717) is 17.0 Å². The van der Waals surface area contributed by atoms with E-state index in [1.807, 2.05) is 6.92 Å². The fourth-order valence-electron chi connectivity index (χ4n) is 2.68. The molecule has 0 atom stereocenters. The predicted molar refractivity (Wildman–Crippen MR) is 104 cm³/mol. The maximum atomic E-state index is 12.9. The van der Waals surface area contributed by atoms with Crippen molar-refractivity contribution in [2.24, 2.45) is 0 Å². The van der Waals surface area contributed by atoms with Gasteiger partial charge < -0.3 is 4.74 Å². The smallest absolute Gasteiger partial charge is 0.277 e. The van der Waals surface area contributed by atoms with Crippen LogP contribution in [0.4, 0.5) is 5.69 Å². The maximum absolute atomic E-state index is 12.9. The van der Waals surface area contributed by atoms with Crippen LogP contribution < -0.4 is 9.64 Å². The van der Waals surface area contributed by atoms with Crippen molar-refractivity contribution in [2.75, 3.05) is 12.0 Å². The summed E-state index contributed by atoms with van der Waals surface area (Å²) in [6, 6.07) is 13.4. The van der Waals surface area contributed by atoms with Crippen LogP contribution in [0.15, 0.2) is 53.6 Å². The summed E-state index contributed by atoms with van der Waals surface area (Å²) in [5.74, 6) is -0.844. The van der Waals surface area contributed by atoms with Crippen LogP contribution in [0.5, 0.6) is 5.75 Å². The summed E-state index contributed by atoms with van der Waals surface area (Å²) in [7, 11) is 1.53. The molecule has 4 nitrogen and oxygen atoms in total. The Morgan fingerprint density at radius 1 is 0.962 bits per heavy atom. The Hall–Kier alpha value is -2.01. The third kappa shape index (κ3) is 3.09. The molecule has 0 aromatic heterocycles. The van der Waals surface area contributed by atoms with Gasteiger partial charge in [0.05, 0.1) is 12.8 Å². The lowest BCUT2D eigenvalue weighted by Crippen LogP contribution is -2.51. The Balaban J connectivity index is 2.13. The van der Waals surface area contributed by atoms with E-state index in [0.717, 1.165) is 10.5 Å². The van der Waals surface area contributed by atoms with Crippen LogP contribution >= 0.6 is 34.8 Å². The fourth-order valence-corrected chi connectivity index (χ4v) is 3.68. The third-order valence-electron chi connectivity index (χ3n) is 4.07. The standard InChI is InChI=1S/C19H14Cl3NO3/c1-11-3-7-13(8-4-11)23-17(24)16(20)15(19(21,22)18(23)25)12-5-9-14(26-2)10-6-12/h3-10H,1-2H3. The van der Waals surface area contributed by atoms with Crippen molar-refractivity contribution in [2.45, 2.75) is 11.3 Å². The molecule has 0 radical (unpaired) electrons. The second kappa shape index (κ2) is 6.95. The first kappa shape index (κ1) is 18.8. The quantitative estimate of drug-likeness (QED) is 0.544. The van der Waals surface area contributed by atoms with Gasteiger partial charge in [0.2, 0.25) is 4.33 Å². The molecule has 0 saturated carbocycles. The molecule has 2 amide bonds. The minimum Gasteiger partial charge on any atom is -0.497 e. The molecular weight excluding hydrogens is 397 g/mol. The molecule has 1 aliphatic heterocycles. The van der Waals surface area contributed by atoms with E-state index in [-0.39, 0.29) is 10.6 Å². The number of hydrogen-bond acceptors (Lipinski definition) is 3. The Labute approximate surface area is 165 Å². The maximum Gasteiger partial charge on any atom is 0.277 e. The van der Waals surface area contributed by atoms with Gasteiger partial charge in [-0.2, -0.15) is 0 Å². The average molecular weight is 411 g/mol. The van der Waals surface area contributed by atoms with E-state index in [4.69, 9.17) is 39.5 Å². The third-order valence-corrected chi connectivity index (χ3v) is 5.12. The number of aryl methyl sites for hydroxylation is 1. The Morgan fingerprint density at radius 3 is 2.08 bits per heavy atom. The second-order valence-electron chi connectivity index (χ2n) is 5.77. The van der Waals surface area contributed by atoms with E-state index < -0.39 is 16.1 Å². The van der Waals surface area contributed by atoms with Crippen LogP contribution in [0.1, 0.15) is 11.1 Å². The molecule has 2 aromatic rings. The second-order valence-corrected chi connectivity index (χ2v) is 7.48. The minimum atomic E-state index is -2.01. The number of carbonyl (C=O) groups is 2. The first-order valence-corrected chi connectivity index (χ1v) is 8.79. The summed E-state index contributed by atoms with van der Waals surface area (Å²) in [4.78, 5) is 26.6. The number of carbonyl (C=O) groups excluding carboxylic acids is 2. The van der Waals surface area contributed by atoms with Gasteiger partial charge in [0, 0.05) is 5.57 Å². The van der Waals surface area contributed by atoms with Gasteiger partial charge in [-0.1, -0.05) is 64.6 Å². The number of halogens is 3. The van der Waals surface area contributed by atoms with Gasteiger partial charge in [-0.15, -0.1) is 0 Å². The number of ether oxygens (including phenoxy) is 1. The minimum absolute atomic E-state index is 0.0588. The number of nitrogens with zero attached hydrogens (tertiary/aromatic N) is 1. The number of alkyl halides is 2. The Kier molecular flexibility index (Phi) is 5.02. The molecule has 0 unspecified atom stereocenters. The van der Waals surface area contributed by atoms with E-state index in [1.165, 1.54) is 7.11 Å². The van der Waals surface area contributed by atoms with Crippen LogP contribution in [-0.2, 0) is 9.59 Å². The predicted octanol–water partition coefficient (Wildman–Crippen LogP) is 4.70. The van der Waals surface area contributed by atoms with Crippen molar-refractivity contribution in [3.8, 4) is 5.75 Å². The molecule has 0 fully saturated rings. The highest BCUT2D eigenvalue weighted by Crippen LogP contribution is 2.46. The molecule has 1 aliphatic rings. The van der Waals surface area contributed by atoms with Gasteiger partial charge in [-0.3, -0.25) is 9.59 Å². The van der Waals surface area contributed by atoms with E-state index >= 15 is 0 Å². The number of imide groups is 1. The first-order chi connectivity index (χ1) is 12.3. The van der Waals surface area contributed by atoms with Gasteiger partial charge >= 0.3 is 0 Å². The van der Waals surface area contributed by atoms with Gasteiger partial charge in [0.1, 0.15) is 10.8 Å². The summed E-state index contributed by atoms with van der Waals surface area (Å²) < 4.78 is 3.10. The molecule has 0 saturated heterocycles. The zero-order valence-corrected chi connectivity index (χ0v) is 16.2. The van der Waals surface area contributed by atoms with Gasteiger partial charge in [-0.05, 0) is 36.8 Å². The number of methoxy groups -OCH3 is 1. The molecule has 26 heavy (non-hydrogen) atoms. The van der Waals surface area contributed by atoms with Crippen molar-refractivity contribution in [3.63, 3.8) is 0 Å². The molecule has 0 N–H and O–H groups in total. The molecular formula is C19H14Cl3NO3. The van der Waals surface area contributed by atoms with Crippen LogP contribution in [0.25, 0.3) is 5.57 Å². The molecule has 7 heteroatoms. The van der Waals surface area contributed by atoms with E-state index in [1.54, 1.807) is 48.5 Å². The number of hydrogen-bond donors (Lipinski definition) is 0. The number of anilines is 1. The lowest BCUT2D eigenvalue weighted by atomic mass is 9.96. The van der Waals surface area contributed by atoms with Crippen molar-refractivity contribution in [3.05, 3.63) is 64.7 Å². The summed E-state index contributed by atoms with van der Waals surface area (Å²) >= 11 is 19.1. The molecule has 0 bridgehead atoms. The molecule has 0 spiro atoms. The number of benzene rings is 2. The first-order valence-electron chi connectivity index (χ1n) is 7.65. The lowest BCUT2D eigenvalue weighted by molar-refractivity contribution is -0.124. The summed E-state index contributed by atoms with van der Waals surface area (Å²) in [6.07, 6.45) is 0. The average Bonchev–Trinajstić information content (AvgIpc) is 2.62. The van der Waals surface area contributed by atoms with Crippen LogP contribution in [0.3, 0.4) is 0 Å². The SMILES string of the molecule is COc1ccc(C2=C(Cl)C(=O)N(c3ccc(C)cc3)C(=O)C2(Cl)Cl)cc1. The van der Waals surface area contributed by atoms with Gasteiger partial charge in [0.25, 0.3) is 11.8 Å². The van der Waals surface area contributed by atoms with Crippen LogP contribution in [0, 0.1) is 6.92 Å². The van der Waals surface area contributed by atoms with Crippen molar-refractivity contribution in [1.29, 1.82) is 0 Å². The number of rotatable bonds is 3. The van der Waals surface area contributed by atoms with Crippen molar-refractivity contribution < 1.29 is 14.3 Å². The highest BCUT2D eigenvalue weighted by molar-refractivity contribution is 6.70. The molecule has 3 rings (SSSR count). The van der Waals surface area contributed by atoms with Crippen LogP contribution in [0.2, 0.25) is 0 Å². The van der Waals surface area contributed by atoms with Gasteiger partial charge in [-0.25, -0.2) is 4.90 Å². The molecule has 2 aromatic carbocycles. The summed E-state index contributed by atoms with van der Waals surface area (Å²) in [5.41, 5.74) is 1.85. The summed E-state index contributed by atoms with van der Waals surface area (Å²) in [6.45, 7) is 1.89. The molecule has 0 aliphatic carbocycles. The van der Waals surface area contributed by atoms with Crippen molar-refractivity contribution >= 4 is 57.9 Å². The highest BCUT2D eigenvalue weighted by atomic mass is 35.5. The fraction of sp³-hybridized carbons (Fsp3) is 0.158. The largest absolute Gasteiger partial charge is 0.497 e. The lowest BCUT2D eigenvalue weighted by Gasteiger charge is -2.34.